The molecule has 0 bridgehead atoms. The summed E-state index contributed by atoms with van der Waals surface area (Å²) in [4.78, 5) is 19.5. The van der Waals surface area contributed by atoms with Crippen LogP contribution in [0.1, 0.15) is 61.9 Å². The second-order valence-electron chi connectivity index (χ2n) is 6.58. The van der Waals surface area contributed by atoms with Gasteiger partial charge in [0.2, 0.25) is 0 Å². The third-order valence-corrected chi connectivity index (χ3v) is 3.90. The van der Waals surface area contributed by atoms with Gasteiger partial charge in [-0.25, -0.2) is 4.79 Å². The molecule has 1 aromatic rings. The molecule has 2 rings (SSSR count). The van der Waals surface area contributed by atoms with Gasteiger partial charge in [-0.15, -0.1) is 0 Å². The van der Waals surface area contributed by atoms with Crippen molar-refractivity contribution in [3.8, 4) is 0 Å². The highest BCUT2D eigenvalue weighted by Crippen LogP contribution is 2.29. The number of aromatic nitrogens is 1. The van der Waals surface area contributed by atoms with E-state index >= 15 is 0 Å². The van der Waals surface area contributed by atoms with Gasteiger partial charge in [0.15, 0.2) is 0 Å². The molecule has 0 N–H and O–H groups in total. The Hall–Kier alpha value is -1.42. The van der Waals surface area contributed by atoms with Crippen molar-refractivity contribution in [2.45, 2.75) is 53.0 Å². The van der Waals surface area contributed by atoms with Crippen LogP contribution in [0, 0.1) is 0 Å². The minimum absolute atomic E-state index is 0.168. The number of carbonyl (C=O) groups excluding carboxylic acids is 1. The predicted molar refractivity (Wildman–Crippen MR) is 83.5 cm³/mol. The zero-order chi connectivity index (χ0) is 15.6. The fraction of sp³-hybridized carbons (Fsp3) is 0.647. The molecule has 1 aliphatic heterocycles. The fourth-order valence-corrected chi connectivity index (χ4v) is 2.74. The summed E-state index contributed by atoms with van der Waals surface area (Å²) in [5.74, 6) is -0.258. The maximum atomic E-state index is 12.3. The fourth-order valence-electron chi connectivity index (χ4n) is 2.74. The van der Waals surface area contributed by atoms with Crippen LogP contribution in [0.25, 0.3) is 0 Å². The zero-order valence-corrected chi connectivity index (χ0v) is 13.8. The van der Waals surface area contributed by atoms with Gasteiger partial charge in [-0.3, -0.25) is 9.88 Å². The molecule has 4 heteroatoms. The molecule has 0 fully saturated rings. The number of esters is 1. The van der Waals surface area contributed by atoms with Gasteiger partial charge in [0.1, 0.15) is 0 Å². The van der Waals surface area contributed by atoms with Crippen molar-refractivity contribution in [2.24, 2.45) is 0 Å². The molecule has 0 aromatic carbocycles. The van der Waals surface area contributed by atoms with Gasteiger partial charge in [0.05, 0.1) is 17.9 Å². The molecule has 21 heavy (non-hydrogen) atoms. The minimum atomic E-state index is -0.258. The molecule has 0 saturated carbocycles. The molecular weight excluding hydrogens is 264 g/mol. The van der Waals surface area contributed by atoms with Crippen LogP contribution in [0.15, 0.2) is 6.07 Å². The average Bonchev–Trinajstić information content (AvgIpc) is 2.44. The maximum Gasteiger partial charge on any atom is 0.340 e. The van der Waals surface area contributed by atoms with Crippen LogP contribution in [0.3, 0.4) is 0 Å². The molecular formula is C17H26N2O2. The maximum absolute atomic E-state index is 12.3. The topological polar surface area (TPSA) is 42.4 Å². The van der Waals surface area contributed by atoms with Crippen molar-refractivity contribution >= 4 is 5.97 Å². The Labute approximate surface area is 127 Å². The summed E-state index contributed by atoms with van der Waals surface area (Å²) in [5, 5.41) is 0. The summed E-state index contributed by atoms with van der Waals surface area (Å²) in [7, 11) is 0. The van der Waals surface area contributed by atoms with Crippen molar-refractivity contribution in [1.82, 2.24) is 9.88 Å². The lowest BCUT2D eigenvalue weighted by Crippen LogP contribution is -2.32. The Kier molecular flexibility index (Phi) is 4.67. The number of hydrogen-bond donors (Lipinski definition) is 0. The van der Waals surface area contributed by atoms with Crippen molar-refractivity contribution in [3.63, 3.8) is 0 Å². The summed E-state index contributed by atoms with van der Waals surface area (Å²) >= 11 is 0. The lowest BCUT2D eigenvalue weighted by atomic mass is 9.86. The second kappa shape index (κ2) is 6.14. The molecule has 0 unspecified atom stereocenters. The lowest BCUT2D eigenvalue weighted by Gasteiger charge is -2.30. The molecule has 0 spiro atoms. The summed E-state index contributed by atoms with van der Waals surface area (Å²) in [6.45, 7) is 13.6. The number of carbonyl (C=O) groups is 1. The quantitative estimate of drug-likeness (QED) is 0.803. The van der Waals surface area contributed by atoms with E-state index in [4.69, 9.17) is 9.72 Å². The monoisotopic (exact) mass is 290 g/mol. The minimum Gasteiger partial charge on any atom is -0.462 e. The van der Waals surface area contributed by atoms with E-state index in [-0.39, 0.29) is 11.4 Å². The second-order valence-corrected chi connectivity index (χ2v) is 6.58. The van der Waals surface area contributed by atoms with Crippen LogP contribution in [0.4, 0.5) is 0 Å². The van der Waals surface area contributed by atoms with Crippen molar-refractivity contribution in [3.05, 3.63) is 28.6 Å². The molecule has 0 atom stereocenters. The van der Waals surface area contributed by atoms with E-state index in [1.165, 1.54) is 5.56 Å². The van der Waals surface area contributed by atoms with Gasteiger partial charge in [0, 0.05) is 30.6 Å². The molecule has 0 radical (unpaired) electrons. The van der Waals surface area contributed by atoms with E-state index in [0.717, 1.165) is 37.4 Å². The van der Waals surface area contributed by atoms with E-state index in [1.54, 1.807) is 0 Å². The van der Waals surface area contributed by atoms with Crippen LogP contribution in [0.2, 0.25) is 0 Å². The van der Waals surface area contributed by atoms with E-state index < -0.39 is 0 Å². The first kappa shape index (κ1) is 16.0. The summed E-state index contributed by atoms with van der Waals surface area (Å²) in [5.41, 5.74) is 3.61. The number of hydrogen-bond acceptors (Lipinski definition) is 4. The van der Waals surface area contributed by atoms with Gasteiger partial charge in [-0.05, 0) is 25.1 Å². The smallest absolute Gasteiger partial charge is 0.340 e. The van der Waals surface area contributed by atoms with Crippen LogP contribution >= 0.6 is 0 Å². The molecule has 2 heterocycles. The van der Waals surface area contributed by atoms with Crippen LogP contribution in [0.5, 0.6) is 0 Å². The Morgan fingerprint density at radius 1 is 1.38 bits per heavy atom. The molecule has 1 aromatic heterocycles. The average molecular weight is 290 g/mol. The largest absolute Gasteiger partial charge is 0.462 e. The first-order valence-electron chi connectivity index (χ1n) is 7.79. The first-order chi connectivity index (χ1) is 9.86. The Balaban J connectivity index is 2.48. The summed E-state index contributed by atoms with van der Waals surface area (Å²) < 4.78 is 5.22. The van der Waals surface area contributed by atoms with Gasteiger partial charge in [0.25, 0.3) is 0 Å². The van der Waals surface area contributed by atoms with Crippen LogP contribution in [-0.2, 0) is 23.1 Å². The number of pyridine rings is 1. The number of likely N-dealkylation sites (N-methyl/N-ethyl adjacent to an activating group) is 1. The van der Waals surface area contributed by atoms with Crippen LogP contribution in [-0.4, -0.2) is 35.5 Å². The van der Waals surface area contributed by atoms with Crippen molar-refractivity contribution < 1.29 is 9.53 Å². The molecule has 0 aliphatic carbocycles. The normalized spacial score (nSPS) is 15.7. The Morgan fingerprint density at radius 3 is 2.67 bits per heavy atom. The van der Waals surface area contributed by atoms with Crippen molar-refractivity contribution in [1.29, 1.82) is 0 Å². The lowest BCUT2D eigenvalue weighted by molar-refractivity contribution is 0.0522. The summed E-state index contributed by atoms with van der Waals surface area (Å²) in [6, 6.07) is 2.00. The Bertz CT molecular complexity index is 532. The molecule has 0 saturated heterocycles. The number of rotatable bonds is 3. The molecule has 116 valence electrons. The molecule has 1 aliphatic rings. The van der Waals surface area contributed by atoms with E-state index in [0.29, 0.717) is 12.2 Å². The Morgan fingerprint density at radius 2 is 2.10 bits per heavy atom. The standard InChI is InChI=1S/C17H26N2O2/c1-6-19-9-8-14-12(11-19)10-13(16(20)21-7-2)15(18-14)17(3,4)5/h10H,6-9,11H2,1-5H3. The third-order valence-electron chi connectivity index (χ3n) is 3.90. The number of ether oxygens (including phenoxy) is 1. The summed E-state index contributed by atoms with van der Waals surface area (Å²) in [6.07, 6.45) is 0.954. The SMILES string of the molecule is CCOC(=O)c1cc2c(nc1C(C)(C)C)CCN(CC)C2. The van der Waals surface area contributed by atoms with E-state index in [9.17, 15) is 4.79 Å². The van der Waals surface area contributed by atoms with Gasteiger partial charge >= 0.3 is 5.97 Å². The van der Waals surface area contributed by atoms with Gasteiger partial charge in [-0.1, -0.05) is 27.7 Å². The van der Waals surface area contributed by atoms with Gasteiger partial charge in [-0.2, -0.15) is 0 Å². The number of fused-ring (bicyclic) bond motifs is 1. The predicted octanol–water partition coefficient (Wildman–Crippen LogP) is 2.93. The highest BCUT2D eigenvalue weighted by molar-refractivity contribution is 5.91. The highest BCUT2D eigenvalue weighted by atomic mass is 16.5. The number of nitrogens with zero attached hydrogens (tertiary/aromatic N) is 2. The third kappa shape index (κ3) is 3.43. The molecule has 0 amide bonds. The molecule has 4 nitrogen and oxygen atoms in total. The van der Waals surface area contributed by atoms with E-state index in [1.807, 2.05) is 13.0 Å². The van der Waals surface area contributed by atoms with Crippen LogP contribution < -0.4 is 0 Å². The van der Waals surface area contributed by atoms with Crippen molar-refractivity contribution in [2.75, 3.05) is 19.7 Å². The van der Waals surface area contributed by atoms with E-state index in [2.05, 4.69) is 32.6 Å². The van der Waals surface area contributed by atoms with Gasteiger partial charge < -0.3 is 4.74 Å². The highest BCUT2D eigenvalue weighted by Gasteiger charge is 2.28. The first-order valence-corrected chi connectivity index (χ1v) is 7.79. The zero-order valence-electron chi connectivity index (χ0n) is 13.8.